The molecule has 1 N–H and O–H groups in total. The Balaban J connectivity index is 2.58. The second-order valence-corrected chi connectivity index (χ2v) is 3.20. The molecule has 0 aliphatic carbocycles. The summed E-state index contributed by atoms with van der Waals surface area (Å²) in [6.45, 7) is 0. The van der Waals surface area contributed by atoms with Crippen molar-refractivity contribution < 1.29 is 4.74 Å². The summed E-state index contributed by atoms with van der Waals surface area (Å²) in [5, 5.41) is 7.34. The van der Waals surface area contributed by atoms with Crippen molar-refractivity contribution in [2.24, 2.45) is 0 Å². The third-order valence-corrected chi connectivity index (χ3v) is 2.26. The molecular formula is C10H9ClN2O. The Kier molecular flexibility index (Phi) is 2.41. The van der Waals surface area contributed by atoms with Gasteiger partial charge in [-0.2, -0.15) is 5.10 Å². The van der Waals surface area contributed by atoms with E-state index in [1.807, 2.05) is 18.2 Å². The first-order valence-corrected chi connectivity index (χ1v) is 4.53. The third-order valence-electron chi connectivity index (χ3n) is 1.96. The maximum absolute atomic E-state index is 5.99. The second kappa shape index (κ2) is 3.72. The molecule has 1 heterocycles. The number of ether oxygens (including phenoxy) is 1. The number of hydrogen-bond donors (Lipinski definition) is 1. The van der Waals surface area contributed by atoms with E-state index in [2.05, 4.69) is 10.2 Å². The van der Waals surface area contributed by atoms with Gasteiger partial charge in [0.15, 0.2) is 0 Å². The maximum Gasteiger partial charge on any atom is 0.146 e. The first-order valence-electron chi connectivity index (χ1n) is 4.15. The lowest BCUT2D eigenvalue weighted by atomic mass is 10.1. The van der Waals surface area contributed by atoms with Crippen LogP contribution in [0.3, 0.4) is 0 Å². The summed E-state index contributed by atoms with van der Waals surface area (Å²) in [6, 6.07) is 7.47. The fourth-order valence-corrected chi connectivity index (χ4v) is 1.59. The smallest absolute Gasteiger partial charge is 0.146 e. The fourth-order valence-electron chi connectivity index (χ4n) is 1.33. The highest BCUT2D eigenvalue weighted by Crippen LogP contribution is 2.34. The fraction of sp³-hybridized carbons (Fsp3) is 0.100. The van der Waals surface area contributed by atoms with Crippen LogP contribution in [0.5, 0.6) is 5.75 Å². The molecule has 3 nitrogen and oxygen atoms in total. The molecule has 0 radical (unpaired) electrons. The first-order chi connectivity index (χ1) is 6.83. The molecule has 0 aliphatic rings. The number of methoxy groups -OCH3 is 1. The van der Waals surface area contributed by atoms with E-state index in [9.17, 15) is 0 Å². The van der Waals surface area contributed by atoms with Gasteiger partial charge < -0.3 is 4.74 Å². The van der Waals surface area contributed by atoms with Crippen LogP contribution in [-0.2, 0) is 0 Å². The Hall–Kier alpha value is -1.48. The summed E-state index contributed by atoms with van der Waals surface area (Å²) in [4.78, 5) is 0. The van der Waals surface area contributed by atoms with Crippen LogP contribution in [0.15, 0.2) is 30.5 Å². The highest BCUT2D eigenvalue weighted by atomic mass is 35.5. The van der Waals surface area contributed by atoms with Crippen LogP contribution in [-0.4, -0.2) is 17.3 Å². The molecule has 0 saturated carbocycles. The largest absolute Gasteiger partial charge is 0.494 e. The molecule has 2 rings (SSSR count). The number of nitrogens with one attached hydrogen (secondary N) is 1. The van der Waals surface area contributed by atoms with Crippen molar-refractivity contribution in [2.75, 3.05) is 7.11 Å². The van der Waals surface area contributed by atoms with E-state index in [-0.39, 0.29) is 0 Å². The molecule has 0 atom stereocenters. The average Bonchev–Trinajstić information content (AvgIpc) is 2.70. The zero-order chi connectivity index (χ0) is 9.97. The Morgan fingerprint density at radius 1 is 1.36 bits per heavy atom. The summed E-state index contributed by atoms with van der Waals surface area (Å²) in [7, 11) is 1.60. The van der Waals surface area contributed by atoms with E-state index >= 15 is 0 Å². The van der Waals surface area contributed by atoms with E-state index in [1.54, 1.807) is 19.4 Å². The maximum atomic E-state index is 5.99. The molecule has 0 spiro atoms. The number of para-hydroxylation sites is 1. The quantitative estimate of drug-likeness (QED) is 0.824. The van der Waals surface area contributed by atoms with Crippen molar-refractivity contribution in [1.82, 2.24) is 10.2 Å². The average molecular weight is 209 g/mol. The van der Waals surface area contributed by atoms with Gasteiger partial charge in [-0.3, -0.25) is 5.10 Å². The van der Waals surface area contributed by atoms with Gasteiger partial charge in [0.05, 0.1) is 17.8 Å². The Morgan fingerprint density at radius 3 is 2.86 bits per heavy atom. The zero-order valence-electron chi connectivity index (χ0n) is 7.62. The molecule has 0 fully saturated rings. The van der Waals surface area contributed by atoms with Gasteiger partial charge in [0, 0.05) is 11.8 Å². The SMILES string of the molecule is COc1c(Cl)cccc1-c1ccn[nH]1. The number of hydrogen-bond acceptors (Lipinski definition) is 2. The van der Waals surface area contributed by atoms with Crippen LogP contribution in [0.25, 0.3) is 11.3 Å². The molecule has 1 aromatic carbocycles. The number of benzene rings is 1. The van der Waals surface area contributed by atoms with Gasteiger partial charge in [0.25, 0.3) is 0 Å². The van der Waals surface area contributed by atoms with Crippen LogP contribution in [0.4, 0.5) is 0 Å². The van der Waals surface area contributed by atoms with E-state index in [1.165, 1.54) is 0 Å². The van der Waals surface area contributed by atoms with Gasteiger partial charge in [-0.05, 0) is 18.2 Å². The predicted octanol–water partition coefficient (Wildman–Crippen LogP) is 2.74. The standard InChI is InChI=1S/C10H9ClN2O/c1-14-10-7(3-2-4-8(10)11)9-5-6-12-13-9/h2-6H,1H3,(H,12,13). The molecule has 1 aromatic heterocycles. The molecule has 0 amide bonds. The Morgan fingerprint density at radius 2 is 2.21 bits per heavy atom. The highest BCUT2D eigenvalue weighted by Gasteiger charge is 2.09. The molecule has 0 bridgehead atoms. The summed E-state index contributed by atoms with van der Waals surface area (Å²) in [5.74, 6) is 0.665. The van der Waals surface area contributed by atoms with Crippen LogP contribution < -0.4 is 4.74 Å². The highest BCUT2D eigenvalue weighted by molar-refractivity contribution is 6.32. The number of nitrogens with zero attached hydrogens (tertiary/aromatic N) is 1. The lowest BCUT2D eigenvalue weighted by Gasteiger charge is -2.07. The van der Waals surface area contributed by atoms with Crippen molar-refractivity contribution in [3.05, 3.63) is 35.5 Å². The third kappa shape index (κ3) is 1.46. The van der Waals surface area contributed by atoms with Gasteiger partial charge in [-0.1, -0.05) is 17.7 Å². The molecule has 14 heavy (non-hydrogen) atoms. The number of H-pyrrole nitrogens is 1. The van der Waals surface area contributed by atoms with Crippen molar-refractivity contribution in [2.45, 2.75) is 0 Å². The second-order valence-electron chi connectivity index (χ2n) is 2.79. The summed E-state index contributed by atoms with van der Waals surface area (Å²) >= 11 is 5.99. The Labute approximate surface area is 86.7 Å². The van der Waals surface area contributed by atoms with Gasteiger partial charge >= 0.3 is 0 Å². The number of aromatic nitrogens is 2. The zero-order valence-corrected chi connectivity index (χ0v) is 8.38. The molecule has 0 aliphatic heterocycles. The summed E-state index contributed by atoms with van der Waals surface area (Å²) in [5.41, 5.74) is 1.81. The minimum absolute atomic E-state index is 0.597. The number of aromatic amines is 1. The van der Waals surface area contributed by atoms with Gasteiger partial charge in [-0.15, -0.1) is 0 Å². The monoisotopic (exact) mass is 208 g/mol. The van der Waals surface area contributed by atoms with E-state index in [4.69, 9.17) is 16.3 Å². The lowest BCUT2D eigenvalue weighted by molar-refractivity contribution is 0.416. The first kappa shape index (κ1) is 9.09. The normalized spacial score (nSPS) is 10.1. The van der Waals surface area contributed by atoms with Crippen molar-refractivity contribution in [3.8, 4) is 17.0 Å². The van der Waals surface area contributed by atoms with Crippen molar-refractivity contribution in [1.29, 1.82) is 0 Å². The minimum Gasteiger partial charge on any atom is -0.494 e. The van der Waals surface area contributed by atoms with Crippen molar-refractivity contribution >= 4 is 11.6 Å². The van der Waals surface area contributed by atoms with Gasteiger partial charge in [0.1, 0.15) is 5.75 Å². The van der Waals surface area contributed by atoms with Crippen LogP contribution in [0.1, 0.15) is 0 Å². The van der Waals surface area contributed by atoms with Crippen LogP contribution in [0, 0.1) is 0 Å². The predicted molar refractivity (Wildman–Crippen MR) is 55.6 cm³/mol. The summed E-state index contributed by atoms with van der Waals surface area (Å²) in [6.07, 6.45) is 1.69. The van der Waals surface area contributed by atoms with E-state index < -0.39 is 0 Å². The van der Waals surface area contributed by atoms with Gasteiger partial charge in [0.2, 0.25) is 0 Å². The molecular weight excluding hydrogens is 200 g/mol. The van der Waals surface area contributed by atoms with Gasteiger partial charge in [-0.25, -0.2) is 0 Å². The van der Waals surface area contributed by atoms with Crippen LogP contribution >= 0.6 is 11.6 Å². The molecule has 4 heteroatoms. The lowest BCUT2D eigenvalue weighted by Crippen LogP contribution is -1.89. The van der Waals surface area contributed by atoms with E-state index in [0.717, 1.165) is 11.3 Å². The summed E-state index contributed by atoms with van der Waals surface area (Å²) < 4.78 is 5.22. The molecule has 72 valence electrons. The molecule has 2 aromatic rings. The Bertz CT molecular complexity index is 426. The molecule has 0 unspecified atom stereocenters. The topological polar surface area (TPSA) is 37.9 Å². The molecule has 0 saturated heterocycles. The van der Waals surface area contributed by atoms with Crippen LogP contribution in [0.2, 0.25) is 5.02 Å². The van der Waals surface area contributed by atoms with Crippen molar-refractivity contribution in [3.63, 3.8) is 0 Å². The van der Waals surface area contributed by atoms with E-state index in [0.29, 0.717) is 10.8 Å². The number of rotatable bonds is 2. The number of halogens is 1. The minimum atomic E-state index is 0.597.